The molecule has 2 heterocycles. The van der Waals surface area contributed by atoms with E-state index in [1.54, 1.807) is 24.3 Å². The number of hydrogen-bond acceptors (Lipinski definition) is 5. The van der Waals surface area contributed by atoms with E-state index >= 15 is 0 Å². The smallest absolute Gasteiger partial charge is 0.414 e. The molecule has 0 aromatic heterocycles. The Balaban J connectivity index is 1.51. The average molecular weight is 467 g/mol. The number of fused-ring (bicyclic) bond motifs is 1. The van der Waals surface area contributed by atoms with Crippen molar-refractivity contribution >= 4 is 35.0 Å². The van der Waals surface area contributed by atoms with Gasteiger partial charge in [-0.2, -0.15) is 0 Å². The molecule has 0 bridgehead atoms. The van der Waals surface area contributed by atoms with Crippen LogP contribution in [0.5, 0.6) is 5.75 Å². The number of rotatable bonds is 4. The van der Waals surface area contributed by atoms with E-state index in [1.165, 1.54) is 11.0 Å². The Morgan fingerprint density at radius 3 is 2.74 bits per heavy atom. The normalized spacial score (nSPS) is 25.7. The van der Waals surface area contributed by atoms with Crippen molar-refractivity contribution in [3.05, 3.63) is 57.3 Å². The number of β-amino-alcohol motifs (C(OH)–C–C–N with tert-alkyl or cyclic N) is 1. The lowest BCUT2D eigenvalue weighted by Crippen LogP contribution is -2.39. The van der Waals surface area contributed by atoms with Crippen LogP contribution in [-0.2, 0) is 11.2 Å². The van der Waals surface area contributed by atoms with Gasteiger partial charge in [-0.3, -0.25) is 9.80 Å². The number of ether oxygens (including phenoxy) is 2. The molecule has 1 N–H and O–H groups in total. The summed E-state index contributed by atoms with van der Waals surface area (Å²) in [6.07, 6.45) is -0.239. The zero-order valence-corrected chi connectivity index (χ0v) is 18.1. The van der Waals surface area contributed by atoms with Gasteiger partial charge in [0.1, 0.15) is 24.3 Å². The molecule has 6 nitrogen and oxygen atoms in total. The van der Waals surface area contributed by atoms with E-state index in [1.807, 2.05) is 0 Å². The zero-order valence-electron chi connectivity index (χ0n) is 16.6. The number of aliphatic hydroxyl groups excluding tert-OH is 1. The molecule has 9 heteroatoms. The van der Waals surface area contributed by atoms with Crippen molar-refractivity contribution in [1.29, 1.82) is 0 Å². The Labute approximate surface area is 189 Å². The van der Waals surface area contributed by atoms with Crippen molar-refractivity contribution in [1.82, 2.24) is 4.90 Å². The molecule has 0 spiro atoms. The summed E-state index contributed by atoms with van der Waals surface area (Å²) in [6.45, 7) is 1.97. The summed E-state index contributed by atoms with van der Waals surface area (Å²) in [7, 11) is 0. The molecule has 5 rings (SSSR count). The molecule has 2 fully saturated rings. The summed E-state index contributed by atoms with van der Waals surface area (Å²) in [5.74, 6) is 0.0276. The Bertz CT molecular complexity index is 1040. The van der Waals surface area contributed by atoms with Crippen molar-refractivity contribution in [2.24, 2.45) is 0 Å². The number of carbonyl (C=O) groups excluding carboxylic acids is 1. The highest BCUT2D eigenvalue weighted by Crippen LogP contribution is 2.43. The van der Waals surface area contributed by atoms with Crippen LogP contribution in [0.2, 0.25) is 10.0 Å². The Morgan fingerprint density at radius 2 is 2.03 bits per heavy atom. The highest BCUT2D eigenvalue weighted by atomic mass is 35.5. The Hall–Kier alpha value is -2.06. The van der Waals surface area contributed by atoms with Crippen LogP contribution in [0.25, 0.3) is 0 Å². The van der Waals surface area contributed by atoms with Gasteiger partial charge in [0.25, 0.3) is 0 Å². The van der Waals surface area contributed by atoms with E-state index < -0.39 is 18.3 Å². The number of cyclic esters (lactones) is 1. The molecular weight excluding hydrogens is 446 g/mol. The van der Waals surface area contributed by atoms with Crippen molar-refractivity contribution in [3.8, 4) is 5.75 Å². The molecule has 3 aliphatic rings. The summed E-state index contributed by atoms with van der Waals surface area (Å²) in [4.78, 5) is 15.6. The molecule has 2 aliphatic heterocycles. The third kappa shape index (κ3) is 3.84. The molecule has 0 radical (unpaired) electrons. The largest absolute Gasteiger partial charge is 0.482 e. The number of likely N-dealkylation sites (tertiary alicyclic amines) is 1. The first-order valence-electron chi connectivity index (χ1n) is 10.2. The maximum atomic E-state index is 14.7. The number of hydrogen-bond donors (Lipinski definition) is 1. The van der Waals surface area contributed by atoms with Gasteiger partial charge in [-0.25, -0.2) is 9.18 Å². The van der Waals surface area contributed by atoms with Crippen LogP contribution in [0.3, 0.4) is 0 Å². The maximum Gasteiger partial charge on any atom is 0.414 e. The first kappa shape index (κ1) is 20.8. The molecular formula is C22H21Cl2FN2O4. The van der Waals surface area contributed by atoms with Crippen LogP contribution >= 0.6 is 23.2 Å². The van der Waals surface area contributed by atoms with Gasteiger partial charge in [0.2, 0.25) is 0 Å². The first-order valence-corrected chi connectivity index (χ1v) is 11.0. The van der Waals surface area contributed by atoms with Gasteiger partial charge in [0.05, 0.1) is 29.4 Å². The molecule has 0 saturated carbocycles. The van der Waals surface area contributed by atoms with E-state index in [0.29, 0.717) is 71.7 Å². The minimum atomic E-state index is -0.522. The molecule has 31 heavy (non-hydrogen) atoms. The van der Waals surface area contributed by atoms with Gasteiger partial charge < -0.3 is 14.6 Å². The summed E-state index contributed by atoms with van der Waals surface area (Å²) in [6, 6.07) is 7.97. The predicted molar refractivity (Wildman–Crippen MR) is 115 cm³/mol. The quantitative estimate of drug-likeness (QED) is 0.731. The van der Waals surface area contributed by atoms with E-state index in [2.05, 4.69) is 4.90 Å². The maximum absolute atomic E-state index is 14.7. The standard InChI is InChI=1S/C22H21Cl2FN2O4/c23-12-7-16-15(18(25)8-12)10-19(26-4-3-14(28)11-26)21(16)31-20-9-13(1-2-17(20)24)27-5-6-30-22(27)29/h1-2,7-9,14,19,21,28H,3-6,10-11H2/t14?,19-,21-/m0/s1. The van der Waals surface area contributed by atoms with Crippen LogP contribution in [0.1, 0.15) is 23.7 Å². The Morgan fingerprint density at radius 1 is 1.19 bits per heavy atom. The zero-order chi connectivity index (χ0) is 21.7. The molecule has 1 unspecified atom stereocenters. The lowest BCUT2D eigenvalue weighted by atomic mass is 10.1. The number of aliphatic hydroxyl groups is 1. The number of halogens is 3. The fraction of sp³-hybridized carbons (Fsp3) is 0.409. The predicted octanol–water partition coefficient (Wildman–Crippen LogP) is 4.20. The summed E-state index contributed by atoms with van der Waals surface area (Å²) in [5, 5.41) is 10.7. The van der Waals surface area contributed by atoms with Crippen molar-refractivity contribution in [2.75, 3.05) is 31.1 Å². The van der Waals surface area contributed by atoms with Gasteiger partial charge in [-0.05, 0) is 42.7 Å². The van der Waals surface area contributed by atoms with Crippen LogP contribution in [0, 0.1) is 5.82 Å². The summed E-state index contributed by atoms with van der Waals surface area (Å²) in [5.41, 5.74) is 1.86. The fourth-order valence-corrected chi connectivity index (χ4v) is 5.04. The summed E-state index contributed by atoms with van der Waals surface area (Å²) < 4.78 is 26.1. The van der Waals surface area contributed by atoms with Gasteiger partial charge in [-0.15, -0.1) is 0 Å². The van der Waals surface area contributed by atoms with E-state index in [4.69, 9.17) is 32.7 Å². The molecule has 2 saturated heterocycles. The van der Waals surface area contributed by atoms with E-state index in [0.717, 1.165) is 0 Å². The second-order valence-electron chi connectivity index (χ2n) is 8.08. The molecule has 2 aromatic carbocycles. The van der Waals surface area contributed by atoms with E-state index in [-0.39, 0.29) is 11.9 Å². The van der Waals surface area contributed by atoms with Gasteiger partial charge in [0.15, 0.2) is 0 Å². The van der Waals surface area contributed by atoms with Crippen molar-refractivity contribution in [2.45, 2.75) is 31.1 Å². The third-order valence-electron chi connectivity index (χ3n) is 6.17. The SMILES string of the molecule is O=C1OCCN1c1ccc(Cl)c(O[C@H]2c3cc(Cl)cc(F)c3C[C@@H]2N2CCC(O)C2)c1. The molecule has 3 atom stereocenters. The number of amides is 1. The lowest BCUT2D eigenvalue weighted by molar-refractivity contribution is 0.0819. The third-order valence-corrected chi connectivity index (χ3v) is 6.70. The van der Waals surface area contributed by atoms with Crippen LogP contribution in [0.4, 0.5) is 14.9 Å². The highest BCUT2D eigenvalue weighted by molar-refractivity contribution is 6.32. The Kier molecular flexibility index (Phi) is 5.46. The first-order chi connectivity index (χ1) is 14.9. The van der Waals surface area contributed by atoms with Gasteiger partial charge in [0, 0.05) is 29.7 Å². The fourth-order valence-electron chi connectivity index (χ4n) is 4.66. The second-order valence-corrected chi connectivity index (χ2v) is 8.93. The number of carbonyl (C=O) groups is 1. The van der Waals surface area contributed by atoms with Crippen LogP contribution in [0.15, 0.2) is 30.3 Å². The van der Waals surface area contributed by atoms with E-state index in [9.17, 15) is 14.3 Å². The molecule has 164 valence electrons. The van der Waals surface area contributed by atoms with Crippen LogP contribution in [-0.4, -0.2) is 54.5 Å². The molecule has 1 aliphatic carbocycles. The highest BCUT2D eigenvalue weighted by Gasteiger charge is 2.42. The average Bonchev–Trinajstić information content (AvgIpc) is 3.43. The van der Waals surface area contributed by atoms with Crippen molar-refractivity contribution in [3.63, 3.8) is 0 Å². The van der Waals surface area contributed by atoms with Gasteiger partial charge in [-0.1, -0.05) is 23.2 Å². The minimum absolute atomic E-state index is 0.170. The topological polar surface area (TPSA) is 62.2 Å². The number of nitrogens with zero attached hydrogens (tertiary/aromatic N) is 2. The van der Waals surface area contributed by atoms with Crippen molar-refractivity contribution < 1.29 is 23.8 Å². The number of benzene rings is 2. The van der Waals surface area contributed by atoms with Gasteiger partial charge >= 0.3 is 6.09 Å². The second kappa shape index (κ2) is 8.13. The minimum Gasteiger partial charge on any atom is -0.482 e. The van der Waals surface area contributed by atoms with Crippen LogP contribution < -0.4 is 9.64 Å². The molecule has 1 amide bonds. The monoisotopic (exact) mass is 466 g/mol. The lowest BCUT2D eigenvalue weighted by Gasteiger charge is -2.30. The summed E-state index contributed by atoms with van der Waals surface area (Å²) >= 11 is 12.6. The number of anilines is 1. The molecule has 2 aromatic rings.